The Labute approximate surface area is 254 Å². The van der Waals surface area contributed by atoms with Crippen LogP contribution in [0.25, 0.3) is 16.6 Å². The van der Waals surface area contributed by atoms with Gasteiger partial charge >= 0.3 is 0 Å². The van der Waals surface area contributed by atoms with Crippen molar-refractivity contribution < 1.29 is 18.7 Å². The summed E-state index contributed by atoms with van der Waals surface area (Å²) >= 11 is 6.58. The van der Waals surface area contributed by atoms with E-state index in [9.17, 15) is 9.18 Å². The van der Waals surface area contributed by atoms with Gasteiger partial charge in [0.1, 0.15) is 23.4 Å². The zero-order valence-electron chi connectivity index (χ0n) is 24.2. The Balaban J connectivity index is 1.20. The number of ketones is 1. The van der Waals surface area contributed by atoms with Crippen LogP contribution in [0.2, 0.25) is 5.02 Å². The molecule has 0 atom stereocenters. The van der Waals surface area contributed by atoms with Gasteiger partial charge in [-0.25, -0.2) is 9.07 Å². The number of nitrogens with one attached hydrogen (secondary N) is 1. The number of ether oxygens (including phenoxy) is 2. The zero-order chi connectivity index (χ0) is 30.2. The lowest BCUT2D eigenvalue weighted by Gasteiger charge is -2.34. The van der Waals surface area contributed by atoms with Crippen LogP contribution in [0.1, 0.15) is 48.3 Å². The Hall–Kier alpha value is -4.34. The Bertz CT molecular complexity index is 1810. The molecule has 2 aromatic heterocycles. The second-order valence-electron chi connectivity index (χ2n) is 11.2. The lowest BCUT2D eigenvalue weighted by Crippen LogP contribution is -2.41. The number of hydrogen-bond acceptors (Lipinski definition) is 6. The van der Waals surface area contributed by atoms with E-state index in [1.165, 1.54) is 16.9 Å². The van der Waals surface area contributed by atoms with Gasteiger partial charge in [-0.2, -0.15) is 5.10 Å². The molecule has 0 amide bonds. The van der Waals surface area contributed by atoms with Crippen LogP contribution in [0.5, 0.6) is 17.2 Å². The molecule has 3 aromatic carbocycles. The van der Waals surface area contributed by atoms with Gasteiger partial charge in [0, 0.05) is 30.0 Å². The number of fused-ring (bicyclic) bond motifs is 1. The highest BCUT2D eigenvalue weighted by Crippen LogP contribution is 2.34. The van der Waals surface area contributed by atoms with Crippen LogP contribution in [0.15, 0.2) is 66.9 Å². The van der Waals surface area contributed by atoms with E-state index in [0.717, 1.165) is 42.4 Å². The standard InChI is InChI=1S/C33H33ClFN5O3/c1-19(2)39-12-10-23(11-13-39)42-31-16-21-15-28(38-27(21)17-25(31)34)32(41)24-18-37-40(33(24)36)22-8-9-29(20(3)14-22)43-30-7-5-4-6-26(30)35/h4-9,14-19,23,38H,10-13,36H2,1-3H3. The maximum Gasteiger partial charge on any atom is 0.214 e. The van der Waals surface area contributed by atoms with Crippen molar-refractivity contribution in [3.8, 4) is 22.9 Å². The quantitative estimate of drug-likeness (QED) is 0.181. The molecule has 0 unspecified atom stereocenters. The molecule has 0 aliphatic carbocycles. The maximum absolute atomic E-state index is 14.1. The number of anilines is 1. The number of carbonyl (C=O) groups excluding carboxylic acids is 1. The second kappa shape index (κ2) is 11.7. The molecular weight excluding hydrogens is 569 g/mol. The number of aromatic amines is 1. The van der Waals surface area contributed by atoms with Crippen molar-refractivity contribution in [1.29, 1.82) is 0 Å². The molecule has 0 saturated carbocycles. The summed E-state index contributed by atoms with van der Waals surface area (Å²) in [7, 11) is 0. The first-order valence-corrected chi connectivity index (χ1v) is 14.7. The minimum Gasteiger partial charge on any atom is -0.489 e. The zero-order valence-corrected chi connectivity index (χ0v) is 25.0. The number of carbonyl (C=O) groups is 1. The molecule has 10 heteroatoms. The van der Waals surface area contributed by atoms with Crippen molar-refractivity contribution in [2.75, 3.05) is 18.8 Å². The molecule has 1 aliphatic rings. The van der Waals surface area contributed by atoms with Crippen molar-refractivity contribution in [3.05, 3.63) is 94.5 Å². The van der Waals surface area contributed by atoms with Gasteiger partial charge in [-0.1, -0.05) is 23.7 Å². The molecule has 6 rings (SSSR count). The summed E-state index contributed by atoms with van der Waals surface area (Å²) in [5.74, 6) is 0.694. The number of likely N-dealkylation sites (tertiary alicyclic amines) is 1. The third-order valence-corrected chi connectivity index (χ3v) is 8.22. The highest BCUT2D eigenvalue weighted by atomic mass is 35.5. The first kappa shape index (κ1) is 28.8. The monoisotopic (exact) mass is 601 g/mol. The van der Waals surface area contributed by atoms with Crippen LogP contribution in [0, 0.1) is 12.7 Å². The highest BCUT2D eigenvalue weighted by molar-refractivity contribution is 6.32. The average Bonchev–Trinajstić information content (AvgIpc) is 3.58. The summed E-state index contributed by atoms with van der Waals surface area (Å²) in [5.41, 5.74) is 9.16. The molecule has 43 heavy (non-hydrogen) atoms. The summed E-state index contributed by atoms with van der Waals surface area (Å²) in [4.78, 5) is 19.1. The third kappa shape index (κ3) is 5.83. The normalized spacial score (nSPS) is 14.5. The summed E-state index contributed by atoms with van der Waals surface area (Å²) < 4.78 is 27.6. The van der Waals surface area contributed by atoms with Crippen LogP contribution < -0.4 is 15.2 Å². The van der Waals surface area contributed by atoms with Crippen molar-refractivity contribution in [3.63, 3.8) is 0 Å². The van der Waals surface area contributed by atoms with Gasteiger partial charge in [0.05, 0.1) is 28.2 Å². The van der Waals surface area contributed by atoms with E-state index < -0.39 is 5.82 Å². The number of nitrogens with zero attached hydrogens (tertiary/aromatic N) is 3. The van der Waals surface area contributed by atoms with E-state index in [-0.39, 0.29) is 29.0 Å². The number of hydrogen-bond donors (Lipinski definition) is 2. The molecule has 0 radical (unpaired) electrons. The van der Waals surface area contributed by atoms with Crippen LogP contribution in [0.3, 0.4) is 0 Å². The van der Waals surface area contributed by atoms with Gasteiger partial charge in [0.15, 0.2) is 11.6 Å². The van der Waals surface area contributed by atoms with Crippen molar-refractivity contribution in [2.45, 2.75) is 45.8 Å². The molecule has 1 fully saturated rings. The number of para-hydroxylation sites is 1. The fourth-order valence-corrected chi connectivity index (χ4v) is 5.65. The summed E-state index contributed by atoms with van der Waals surface area (Å²) in [6.45, 7) is 8.24. The van der Waals surface area contributed by atoms with Crippen LogP contribution >= 0.6 is 11.6 Å². The van der Waals surface area contributed by atoms with Crippen molar-refractivity contribution in [1.82, 2.24) is 19.7 Å². The molecule has 3 heterocycles. The van der Waals surface area contributed by atoms with Gasteiger partial charge in [-0.15, -0.1) is 0 Å². The predicted octanol–water partition coefficient (Wildman–Crippen LogP) is 7.31. The lowest BCUT2D eigenvalue weighted by molar-refractivity contribution is 0.0844. The van der Waals surface area contributed by atoms with Gasteiger partial charge in [0.25, 0.3) is 0 Å². The molecule has 5 aromatic rings. The fourth-order valence-electron chi connectivity index (χ4n) is 5.45. The lowest BCUT2D eigenvalue weighted by atomic mass is 10.1. The first-order valence-electron chi connectivity index (χ1n) is 14.3. The van der Waals surface area contributed by atoms with Gasteiger partial charge in [0.2, 0.25) is 5.78 Å². The van der Waals surface area contributed by atoms with Crippen molar-refractivity contribution in [2.24, 2.45) is 0 Å². The Morgan fingerprint density at radius 1 is 1.07 bits per heavy atom. The van der Waals surface area contributed by atoms with Gasteiger partial charge < -0.3 is 25.1 Å². The number of rotatable bonds is 8. The molecule has 0 bridgehead atoms. The Kier molecular flexibility index (Phi) is 7.85. The number of nitrogens with two attached hydrogens (primary N) is 1. The van der Waals surface area contributed by atoms with Crippen LogP contribution in [0.4, 0.5) is 10.2 Å². The van der Waals surface area contributed by atoms with Crippen molar-refractivity contribution >= 4 is 34.1 Å². The minimum absolute atomic E-state index is 0.0967. The SMILES string of the molecule is Cc1cc(-n2ncc(C(=O)c3cc4cc(OC5CCN(C(C)C)CC5)c(Cl)cc4[nH]3)c2N)ccc1Oc1ccccc1F. The Morgan fingerprint density at radius 2 is 1.84 bits per heavy atom. The number of benzene rings is 3. The predicted molar refractivity (Wildman–Crippen MR) is 166 cm³/mol. The van der Waals surface area contributed by atoms with E-state index >= 15 is 0 Å². The summed E-state index contributed by atoms with van der Waals surface area (Å²) in [5, 5.41) is 5.68. The topological polar surface area (TPSA) is 98.4 Å². The van der Waals surface area contributed by atoms with E-state index in [1.54, 1.807) is 42.5 Å². The van der Waals surface area contributed by atoms with E-state index in [1.807, 2.05) is 19.1 Å². The number of H-pyrrole nitrogens is 1. The third-order valence-electron chi connectivity index (χ3n) is 7.93. The number of halogens is 2. The Morgan fingerprint density at radius 3 is 2.56 bits per heavy atom. The second-order valence-corrected chi connectivity index (χ2v) is 11.6. The number of piperidine rings is 1. The molecule has 222 valence electrons. The highest BCUT2D eigenvalue weighted by Gasteiger charge is 2.24. The molecule has 1 aliphatic heterocycles. The van der Waals surface area contributed by atoms with Gasteiger partial charge in [-0.3, -0.25) is 4.79 Å². The van der Waals surface area contributed by atoms with Crippen LogP contribution in [-0.2, 0) is 0 Å². The van der Waals surface area contributed by atoms with Gasteiger partial charge in [-0.05, 0) is 87.7 Å². The summed E-state index contributed by atoms with van der Waals surface area (Å²) in [6.07, 6.45) is 3.42. The average molecular weight is 602 g/mol. The minimum atomic E-state index is -0.448. The number of aryl methyl sites for hydroxylation is 1. The van der Waals surface area contributed by atoms with E-state index in [4.69, 9.17) is 26.8 Å². The first-order chi connectivity index (χ1) is 20.7. The summed E-state index contributed by atoms with van der Waals surface area (Å²) in [6, 6.07) is 17.5. The smallest absolute Gasteiger partial charge is 0.214 e. The van der Waals surface area contributed by atoms with Crippen LogP contribution in [-0.4, -0.2) is 50.7 Å². The molecule has 0 spiro atoms. The fraction of sp³-hybridized carbons (Fsp3) is 0.273. The molecule has 3 N–H and O–H groups in total. The number of nitrogen functional groups attached to an aromatic ring is 1. The molecule has 1 saturated heterocycles. The maximum atomic E-state index is 14.1. The number of aromatic nitrogens is 3. The molecular formula is C33H33ClFN5O3. The largest absolute Gasteiger partial charge is 0.489 e. The van der Waals surface area contributed by atoms with E-state index in [2.05, 4.69) is 28.8 Å². The van der Waals surface area contributed by atoms with E-state index in [0.29, 0.717) is 33.9 Å². The molecule has 8 nitrogen and oxygen atoms in total.